The molecular weight excluding hydrogens is 166 g/mol. The van der Waals surface area contributed by atoms with Crippen LogP contribution in [0.4, 0.5) is 0 Å². The van der Waals surface area contributed by atoms with Crippen molar-refractivity contribution in [3.63, 3.8) is 0 Å². The topological polar surface area (TPSA) is 44.5 Å². The lowest BCUT2D eigenvalue weighted by Crippen LogP contribution is -2.05. The molecule has 0 amide bonds. The fourth-order valence-corrected chi connectivity index (χ4v) is 1.01. The second-order valence-corrected chi connectivity index (χ2v) is 2.91. The highest BCUT2D eigenvalue weighted by Gasteiger charge is 2.00. The van der Waals surface area contributed by atoms with Crippen molar-refractivity contribution in [3.8, 4) is 5.75 Å². The first-order valence-corrected chi connectivity index (χ1v) is 4.21. The van der Waals surface area contributed by atoms with Gasteiger partial charge in [0.05, 0.1) is 0 Å². The molecule has 13 heavy (non-hydrogen) atoms. The molecule has 3 heteroatoms. The summed E-state index contributed by atoms with van der Waals surface area (Å²) in [7, 11) is 1.59. The summed E-state index contributed by atoms with van der Waals surface area (Å²) in [5.74, 6) is 0.789. The standard InChI is InChI=1S/C10H15NO2/c1-8(11)9-4-3-5-10(6-9)13-7-12-2/h3-6,8H,7,11H2,1-2H3/t8-/m1/s1. The number of nitrogens with two attached hydrogens (primary N) is 1. The monoisotopic (exact) mass is 181 g/mol. The third-order valence-electron chi connectivity index (χ3n) is 1.73. The molecule has 0 radical (unpaired) electrons. The van der Waals surface area contributed by atoms with Gasteiger partial charge in [-0.1, -0.05) is 12.1 Å². The first-order valence-electron chi connectivity index (χ1n) is 4.21. The second-order valence-electron chi connectivity index (χ2n) is 2.91. The zero-order valence-electron chi connectivity index (χ0n) is 7.99. The molecule has 1 rings (SSSR count). The van der Waals surface area contributed by atoms with Crippen LogP contribution in [0.15, 0.2) is 24.3 Å². The van der Waals surface area contributed by atoms with Crippen LogP contribution in [0.25, 0.3) is 0 Å². The Kier molecular flexibility index (Phi) is 3.73. The molecule has 0 spiro atoms. The number of hydrogen-bond acceptors (Lipinski definition) is 3. The van der Waals surface area contributed by atoms with Crippen LogP contribution in [0, 0.1) is 0 Å². The van der Waals surface area contributed by atoms with E-state index < -0.39 is 0 Å². The van der Waals surface area contributed by atoms with E-state index in [1.54, 1.807) is 7.11 Å². The van der Waals surface area contributed by atoms with Gasteiger partial charge in [-0.25, -0.2) is 0 Å². The molecule has 0 unspecified atom stereocenters. The van der Waals surface area contributed by atoms with Gasteiger partial charge >= 0.3 is 0 Å². The fraction of sp³-hybridized carbons (Fsp3) is 0.400. The number of ether oxygens (including phenoxy) is 2. The lowest BCUT2D eigenvalue weighted by molar-refractivity contribution is 0.0510. The van der Waals surface area contributed by atoms with Gasteiger partial charge < -0.3 is 15.2 Å². The van der Waals surface area contributed by atoms with Crippen molar-refractivity contribution in [1.82, 2.24) is 0 Å². The molecule has 0 aliphatic carbocycles. The maximum Gasteiger partial charge on any atom is 0.188 e. The third-order valence-corrected chi connectivity index (χ3v) is 1.73. The van der Waals surface area contributed by atoms with Gasteiger partial charge in [-0.05, 0) is 24.6 Å². The summed E-state index contributed by atoms with van der Waals surface area (Å²) in [6, 6.07) is 7.73. The maximum atomic E-state index is 5.72. The van der Waals surface area contributed by atoms with Crippen molar-refractivity contribution in [2.75, 3.05) is 13.9 Å². The fourth-order valence-electron chi connectivity index (χ4n) is 1.01. The molecule has 0 saturated carbocycles. The Morgan fingerprint density at radius 2 is 2.23 bits per heavy atom. The zero-order valence-corrected chi connectivity index (χ0v) is 7.99. The molecule has 0 aliphatic heterocycles. The van der Waals surface area contributed by atoms with E-state index in [0.717, 1.165) is 11.3 Å². The van der Waals surface area contributed by atoms with Gasteiger partial charge in [0.25, 0.3) is 0 Å². The van der Waals surface area contributed by atoms with Crippen molar-refractivity contribution in [2.24, 2.45) is 5.73 Å². The van der Waals surface area contributed by atoms with E-state index in [9.17, 15) is 0 Å². The Hall–Kier alpha value is -1.06. The predicted octanol–water partition coefficient (Wildman–Crippen LogP) is 1.69. The van der Waals surface area contributed by atoms with E-state index in [2.05, 4.69) is 0 Å². The van der Waals surface area contributed by atoms with E-state index in [1.165, 1.54) is 0 Å². The molecule has 0 aromatic heterocycles. The van der Waals surface area contributed by atoms with Crippen LogP contribution >= 0.6 is 0 Å². The summed E-state index contributed by atoms with van der Waals surface area (Å²) >= 11 is 0. The highest BCUT2D eigenvalue weighted by molar-refractivity contribution is 5.29. The molecule has 72 valence electrons. The van der Waals surface area contributed by atoms with Crippen LogP contribution in [-0.2, 0) is 4.74 Å². The molecule has 0 bridgehead atoms. The van der Waals surface area contributed by atoms with Crippen molar-refractivity contribution in [3.05, 3.63) is 29.8 Å². The first-order chi connectivity index (χ1) is 6.24. The number of rotatable bonds is 4. The van der Waals surface area contributed by atoms with Crippen LogP contribution in [0.3, 0.4) is 0 Å². The number of hydrogen-bond donors (Lipinski definition) is 1. The highest BCUT2D eigenvalue weighted by Crippen LogP contribution is 2.17. The summed E-state index contributed by atoms with van der Waals surface area (Å²) in [4.78, 5) is 0. The van der Waals surface area contributed by atoms with Crippen LogP contribution in [-0.4, -0.2) is 13.9 Å². The molecule has 1 atom stereocenters. The molecule has 1 aromatic rings. The minimum Gasteiger partial charge on any atom is -0.468 e. The van der Waals surface area contributed by atoms with Gasteiger partial charge in [0, 0.05) is 13.2 Å². The van der Waals surface area contributed by atoms with E-state index in [4.69, 9.17) is 15.2 Å². The average Bonchev–Trinajstić information content (AvgIpc) is 2.15. The van der Waals surface area contributed by atoms with Crippen LogP contribution < -0.4 is 10.5 Å². The quantitative estimate of drug-likeness (QED) is 0.719. The van der Waals surface area contributed by atoms with Gasteiger partial charge in [-0.2, -0.15) is 0 Å². The predicted molar refractivity (Wildman–Crippen MR) is 51.5 cm³/mol. The minimum atomic E-state index is 0.0334. The van der Waals surface area contributed by atoms with Crippen molar-refractivity contribution in [2.45, 2.75) is 13.0 Å². The first kappa shape index (κ1) is 10.0. The van der Waals surface area contributed by atoms with Gasteiger partial charge in [0.15, 0.2) is 6.79 Å². The normalized spacial score (nSPS) is 12.5. The van der Waals surface area contributed by atoms with E-state index >= 15 is 0 Å². The molecule has 3 nitrogen and oxygen atoms in total. The SMILES string of the molecule is COCOc1cccc([C@@H](C)N)c1. The molecule has 2 N–H and O–H groups in total. The molecule has 0 saturated heterocycles. The Balaban J connectivity index is 2.68. The Morgan fingerprint density at radius 1 is 1.46 bits per heavy atom. The van der Waals surface area contributed by atoms with E-state index in [1.807, 2.05) is 31.2 Å². The molecular formula is C10H15NO2. The average molecular weight is 181 g/mol. The molecule has 0 aliphatic rings. The van der Waals surface area contributed by atoms with Crippen molar-refractivity contribution >= 4 is 0 Å². The summed E-state index contributed by atoms with van der Waals surface area (Å²) < 4.78 is 10.1. The van der Waals surface area contributed by atoms with E-state index in [0.29, 0.717) is 0 Å². The molecule has 0 fully saturated rings. The largest absolute Gasteiger partial charge is 0.468 e. The Labute approximate surface area is 78.5 Å². The van der Waals surface area contributed by atoms with Gasteiger partial charge in [0.1, 0.15) is 5.75 Å². The number of benzene rings is 1. The minimum absolute atomic E-state index is 0.0334. The van der Waals surface area contributed by atoms with Crippen LogP contribution in [0.5, 0.6) is 5.75 Å². The summed E-state index contributed by atoms with van der Waals surface area (Å²) in [6.07, 6.45) is 0. The Bertz CT molecular complexity index is 261. The number of methoxy groups -OCH3 is 1. The van der Waals surface area contributed by atoms with Crippen molar-refractivity contribution in [1.29, 1.82) is 0 Å². The van der Waals surface area contributed by atoms with Crippen molar-refractivity contribution < 1.29 is 9.47 Å². The van der Waals surface area contributed by atoms with Crippen LogP contribution in [0.1, 0.15) is 18.5 Å². The van der Waals surface area contributed by atoms with Gasteiger partial charge in [-0.3, -0.25) is 0 Å². The molecule has 0 heterocycles. The van der Waals surface area contributed by atoms with Crippen LogP contribution in [0.2, 0.25) is 0 Å². The zero-order chi connectivity index (χ0) is 9.68. The second kappa shape index (κ2) is 4.84. The van der Waals surface area contributed by atoms with Gasteiger partial charge in [-0.15, -0.1) is 0 Å². The summed E-state index contributed by atoms with van der Waals surface area (Å²) in [5, 5.41) is 0. The Morgan fingerprint density at radius 3 is 2.85 bits per heavy atom. The summed E-state index contributed by atoms with van der Waals surface area (Å²) in [5.41, 5.74) is 6.79. The lowest BCUT2D eigenvalue weighted by Gasteiger charge is -2.08. The lowest BCUT2D eigenvalue weighted by atomic mass is 10.1. The van der Waals surface area contributed by atoms with E-state index in [-0.39, 0.29) is 12.8 Å². The smallest absolute Gasteiger partial charge is 0.188 e. The highest BCUT2D eigenvalue weighted by atomic mass is 16.7. The third kappa shape index (κ3) is 3.05. The maximum absolute atomic E-state index is 5.72. The summed E-state index contributed by atoms with van der Waals surface area (Å²) in [6.45, 7) is 2.21. The molecule has 1 aromatic carbocycles. The van der Waals surface area contributed by atoms with Gasteiger partial charge in [0.2, 0.25) is 0 Å².